The number of benzene rings is 1. The van der Waals surface area contributed by atoms with E-state index < -0.39 is 17.7 Å². The van der Waals surface area contributed by atoms with Gasteiger partial charge in [-0.25, -0.2) is 0 Å². The fraction of sp³-hybridized carbons (Fsp3) is 0.304. The highest BCUT2D eigenvalue weighted by Gasteiger charge is 2.47. The van der Waals surface area contributed by atoms with Crippen LogP contribution in [-0.2, 0) is 16.6 Å². The van der Waals surface area contributed by atoms with Crippen LogP contribution in [0.5, 0.6) is 0 Å². The van der Waals surface area contributed by atoms with Gasteiger partial charge in [0.25, 0.3) is 11.7 Å². The number of hydrogen-bond donors (Lipinski definition) is 1. The largest absolute Gasteiger partial charge is 0.507 e. The van der Waals surface area contributed by atoms with E-state index in [4.69, 9.17) is 4.42 Å². The number of aromatic nitrogens is 1. The van der Waals surface area contributed by atoms with Crippen LogP contribution in [0.4, 0.5) is 0 Å². The Labute approximate surface area is 174 Å². The summed E-state index contributed by atoms with van der Waals surface area (Å²) in [5.41, 5.74) is 1.51. The molecule has 1 N–H and O–H groups in total. The Morgan fingerprint density at radius 2 is 1.93 bits per heavy atom. The van der Waals surface area contributed by atoms with E-state index >= 15 is 0 Å². The van der Waals surface area contributed by atoms with Crippen molar-refractivity contribution in [3.05, 3.63) is 65.8 Å². The summed E-state index contributed by atoms with van der Waals surface area (Å²) in [7, 11) is 5.79. The maximum atomic E-state index is 13.0. The second kappa shape index (κ2) is 7.84. The average Bonchev–Trinajstić information content (AvgIpc) is 3.42. The maximum absolute atomic E-state index is 13.0. The SMILES string of the molecule is CN(C)CCCN1C(=O)C(=O)C(=C(O)c2cn(C)c3ccccc23)[C@@H]1c1ccco1. The number of fused-ring (bicyclic) bond motifs is 1. The van der Waals surface area contributed by atoms with Crippen LogP contribution in [0.2, 0.25) is 0 Å². The number of nitrogens with zero attached hydrogens (tertiary/aromatic N) is 3. The fourth-order valence-electron chi connectivity index (χ4n) is 4.09. The number of para-hydroxylation sites is 1. The smallest absolute Gasteiger partial charge is 0.295 e. The molecule has 7 nitrogen and oxygen atoms in total. The number of furan rings is 1. The van der Waals surface area contributed by atoms with Gasteiger partial charge in [-0.3, -0.25) is 9.59 Å². The van der Waals surface area contributed by atoms with Gasteiger partial charge in [0.15, 0.2) is 0 Å². The number of aliphatic hydroxyl groups excluding tert-OH is 1. The monoisotopic (exact) mass is 407 g/mol. The Morgan fingerprint density at radius 1 is 1.17 bits per heavy atom. The molecular formula is C23H25N3O4. The lowest BCUT2D eigenvalue weighted by Crippen LogP contribution is -2.32. The molecule has 30 heavy (non-hydrogen) atoms. The molecule has 156 valence electrons. The summed E-state index contributed by atoms with van der Waals surface area (Å²) >= 11 is 0. The Morgan fingerprint density at radius 3 is 2.63 bits per heavy atom. The molecule has 1 saturated heterocycles. The summed E-state index contributed by atoms with van der Waals surface area (Å²) in [4.78, 5) is 29.4. The molecule has 3 heterocycles. The number of likely N-dealkylation sites (tertiary alicyclic amines) is 1. The van der Waals surface area contributed by atoms with Crippen LogP contribution in [0, 0.1) is 0 Å². The molecular weight excluding hydrogens is 382 g/mol. The molecule has 1 fully saturated rings. The maximum Gasteiger partial charge on any atom is 0.295 e. The van der Waals surface area contributed by atoms with E-state index in [9.17, 15) is 14.7 Å². The van der Waals surface area contributed by atoms with Crippen molar-refractivity contribution in [2.45, 2.75) is 12.5 Å². The Bertz CT molecular complexity index is 1120. The Hall–Kier alpha value is -3.32. The van der Waals surface area contributed by atoms with Crippen LogP contribution < -0.4 is 0 Å². The van der Waals surface area contributed by atoms with Gasteiger partial charge in [-0.05, 0) is 45.3 Å². The van der Waals surface area contributed by atoms with Crippen molar-refractivity contribution in [2.75, 3.05) is 27.2 Å². The molecule has 1 atom stereocenters. The quantitative estimate of drug-likeness (QED) is 0.386. The van der Waals surface area contributed by atoms with Crippen LogP contribution in [-0.4, -0.2) is 58.3 Å². The zero-order chi connectivity index (χ0) is 21.4. The van der Waals surface area contributed by atoms with E-state index in [-0.39, 0.29) is 11.3 Å². The molecule has 0 radical (unpaired) electrons. The normalized spacial score (nSPS) is 18.8. The molecule has 3 aromatic rings. The molecule has 1 aliphatic heterocycles. The van der Waals surface area contributed by atoms with E-state index in [0.29, 0.717) is 24.3 Å². The first kappa shape index (κ1) is 20.0. The van der Waals surface area contributed by atoms with Crippen molar-refractivity contribution in [3.63, 3.8) is 0 Å². The predicted molar refractivity (Wildman–Crippen MR) is 114 cm³/mol. The summed E-state index contributed by atoms with van der Waals surface area (Å²) < 4.78 is 7.46. The third kappa shape index (κ3) is 3.31. The van der Waals surface area contributed by atoms with Gasteiger partial charge < -0.3 is 23.9 Å². The highest BCUT2D eigenvalue weighted by atomic mass is 16.3. The molecule has 0 spiro atoms. The second-order valence-corrected chi connectivity index (χ2v) is 7.84. The molecule has 4 rings (SSSR count). The minimum atomic E-state index is -0.749. The van der Waals surface area contributed by atoms with Gasteiger partial charge in [0.2, 0.25) is 0 Å². The number of carbonyl (C=O) groups excluding carboxylic acids is 2. The highest BCUT2D eigenvalue weighted by molar-refractivity contribution is 6.46. The number of carbonyl (C=O) groups is 2. The minimum absolute atomic E-state index is 0.0659. The molecule has 2 aromatic heterocycles. The number of Topliss-reactive ketones (excluding diaryl/α,β-unsaturated/α-hetero) is 1. The van der Waals surface area contributed by atoms with Crippen molar-refractivity contribution in [1.29, 1.82) is 0 Å². The van der Waals surface area contributed by atoms with Gasteiger partial charge in [-0.15, -0.1) is 0 Å². The van der Waals surface area contributed by atoms with Crippen LogP contribution >= 0.6 is 0 Å². The van der Waals surface area contributed by atoms with E-state index in [2.05, 4.69) is 0 Å². The van der Waals surface area contributed by atoms with E-state index in [1.165, 1.54) is 11.2 Å². The number of aryl methyl sites for hydroxylation is 1. The van der Waals surface area contributed by atoms with Crippen LogP contribution in [0.3, 0.4) is 0 Å². The van der Waals surface area contributed by atoms with Gasteiger partial charge >= 0.3 is 0 Å². The van der Waals surface area contributed by atoms with Crippen molar-refractivity contribution >= 4 is 28.4 Å². The first-order valence-electron chi connectivity index (χ1n) is 9.91. The number of rotatable bonds is 6. The van der Waals surface area contributed by atoms with Crippen LogP contribution in [0.25, 0.3) is 16.7 Å². The van der Waals surface area contributed by atoms with E-state index in [1.54, 1.807) is 18.3 Å². The van der Waals surface area contributed by atoms with Crippen molar-refractivity contribution in [1.82, 2.24) is 14.4 Å². The van der Waals surface area contributed by atoms with Gasteiger partial charge in [0.1, 0.15) is 17.6 Å². The van der Waals surface area contributed by atoms with Gasteiger partial charge in [-0.2, -0.15) is 0 Å². The Kier molecular flexibility index (Phi) is 5.22. The standard InChI is InChI=1S/C23H25N3O4/c1-24(2)11-7-12-26-20(18-10-6-13-30-18)19(22(28)23(26)29)21(27)16-14-25(3)17-9-5-4-8-15(16)17/h4-6,8-10,13-14,20,27H,7,11-12H2,1-3H3/t20-/m0/s1. The summed E-state index contributed by atoms with van der Waals surface area (Å²) in [5.74, 6) is -1.02. The summed E-state index contributed by atoms with van der Waals surface area (Å²) in [6, 6.07) is 10.3. The predicted octanol–water partition coefficient (Wildman–Crippen LogP) is 3.14. The molecule has 0 saturated carbocycles. The van der Waals surface area contributed by atoms with E-state index in [1.807, 2.05) is 54.9 Å². The molecule has 0 aliphatic carbocycles. The Balaban J connectivity index is 1.83. The molecule has 7 heteroatoms. The van der Waals surface area contributed by atoms with Gasteiger partial charge in [-0.1, -0.05) is 18.2 Å². The second-order valence-electron chi connectivity index (χ2n) is 7.84. The highest BCUT2D eigenvalue weighted by Crippen LogP contribution is 2.40. The van der Waals surface area contributed by atoms with Crippen molar-refractivity contribution < 1.29 is 19.1 Å². The number of amides is 1. The summed E-state index contributed by atoms with van der Waals surface area (Å²) in [6.07, 6.45) is 3.98. The van der Waals surface area contributed by atoms with Crippen molar-refractivity contribution in [3.8, 4) is 0 Å². The zero-order valence-electron chi connectivity index (χ0n) is 17.3. The van der Waals surface area contributed by atoms with Crippen LogP contribution in [0.15, 0.2) is 58.8 Å². The number of ketones is 1. The molecule has 1 amide bonds. The van der Waals surface area contributed by atoms with Gasteiger partial charge in [0, 0.05) is 36.3 Å². The number of hydrogen-bond acceptors (Lipinski definition) is 5. The van der Waals surface area contributed by atoms with Gasteiger partial charge in [0.05, 0.1) is 11.8 Å². The molecule has 1 aromatic carbocycles. The third-order valence-corrected chi connectivity index (χ3v) is 5.51. The first-order chi connectivity index (χ1) is 14.4. The number of aliphatic hydroxyl groups is 1. The summed E-state index contributed by atoms with van der Waals surface area (Å²) in [6.45, 7) is 1.16. The van der Waals surface area contributed by atoms with Crippen LogP contribution in [0.1, 0.15) is 23.8 Å². The molecule has 1 aliphatic rings. The summed E-state index contributed by atoms with van der Waals surface area (Å²) in [5, 5.41) is 12.1. The lowest BCUT2D eigenvalue weighted by molar-refractivity contribution is -0.140. The molecule has 0 bridgehead atoms. The first-order valence-corrected chi connectivity index (χ1v) is 9.91. The molecule has 0 unspecified atom stereocenters. The van der Waals surface area contributed by atoms with Crippen molar-refractivity contribution in [2.24, 2.45) is 7.05 Å². The van der Waals surface area contributed by atoms with E-state index in [0.717, 1.165) is 17.4 Å². The minimum Gasteiger partial charge on any atom is -0.507 e. The zero-order valence-corrected chi connectivity index (χ0v) is 17.3. The average molecular weight is 407 g/mol. The third-order valence-electron chi connectivity index (χ3n) is 5.51. The fourth-order valence-corrected chi connectivity index (χ4v) is 4.09. The lowest BCUT2D eigenvalue weighted by atomic mass is 9.99. The topological polar surface area (TPSA) is 78.9 Å². The lowest BCUT2D eigenvalue weighted by Gasteiger charge is -2.23.